The standard InChI is InChI=1S/C16H17NO5S2/c1-16(2,15(19)20)17(3)14(18)12-9-10-13(23-12)24(21,22)11-7-5-4-6-8-11/h4-10H,1-3H3,(H,19,20). The predicted molar refractivity (Wildman–Crippen MR) is 90.0 cm³/mol. The van der Waals surface area contributed by atoms with Gasteiger partial charge in [0.2, 0.25) is 9.84 Å². The molecule has 0 fully saturated rings. The molecule has 2 aromatic rings. The molecular weight excluding hydrogens is 350 g/mol. The van der Waals surface area contributed by atoms with Crippen LogP contribution < -0.4 is 0 Å². The lowest BCUT2D eigenvalue weighted by Gasteiger charge is -2.31. The van der Waals surface area contributed by atoms with Crippen LogP contribution in [0.15, 0.2) is 51.6 Å². The van der Waals surface area contributed by atoms with Crippen LogP contribution in [0.1, 0.15) is 23.5 Å². The summed E-state index contributed by atoms with van der Waals surface area (Å²) in [5.41, 5.74) is -1.40. The van der Waals surface area contributed by atoms with Crippen LogP contribution in [-0.2, 0) is 14.6 Å². The summed E-state index contributed by atoms with van der Waals surface area (Å²) in [6.07, 6.45) is 0. The van der Waals surface area contributed by atoms with E-state index in [-0.39, 0.29) is 14.0 Å². The van der Waals surface area contributed by atoms with Gasteiger partial charge in [-0.3, -0.25) is 4.79 Å². The van der Waals surface area contributed by atoms with Gasteiger partial charge in [0.25, 0.3) is 5.91 Å². The van der Waals surface area contributed by atoms with Crippen molar-refractivity contribution >= 4 is 33.1 Å². The van der Waals surface area contributed by atoms with Gasteiger partial charge in [-0.15, -0.1) is 11.3 Å². The molecule has 1 heterocycles. The number of thiophene rings is 1. The molecule has 24 heavy (non-hydrogen) atoms. The number of amides is 1. The van der Waals surface area contributed by atoms with Crippen LogP contribution in [0.4, 0.5) is 0 Å². The van der Waals surface area contributed by atoms with Gasteiger partial charge in [-0.25, -0.2) is 13.2 Å². The van der Waals surface area contributed by atoms with E-state index in [4.69, 9.17) is 0 Å². The number of sulfone groups is 1. The highest BCUT2D eigenvalue weighted by Gasteiger charge is 2.36. The van der Waals surface area contributed by atoms with Crippen LogP contribution in [0.5, 0.6) is 0 Å². The first-order chi connectivity index (χ1) is 11.1. The molecule has 0 saturated carbocycles. The van der Waals surface area contributed by atoms with Crippen molar-refractivity contribution in [2.24, 2.45) is 0 Å². The second-order valence-corrected chi connectivity index (χ2v) is 8.92. The van der Waals surface area contributed by atoms with E-state index in [0.717, 1.165) is 16.2 Å². The molecule has 0 saturated heterocycles. The third kappa shape index (κ3) is 3.20. The van der Waals surface area contributed by atoms with Crippen molar-refractivity contribution in [1.82, 2.24) is 4.90 Å². The fourth-order valence-electron chi connectivity index (χ4n) is 1.86. The normalized spacial score (nSPS) is 12.0. The average molecular weight is 367 g/mol. The molecule has 0 unspecified atom stereocenters. The number of carboxylic acid groups (broad SMARTS) is 1. The Morgan fingerprint density at radius 1 is 1.08 bits per heavy atom. The summed E-state index contributed by atoms with van der Waals surface area (Å²) >= 11 is 0.827. The second-order valence-electron chi connectivity index (χ2n) is 5.66. The third-order valence-electron chi connectivity index (χ3n) is 3.78. The molecule has 0 radical (unpaired) electrons. The van der Waals surface area contributed by atoms with Gasteiger partial charge < -0.3 is 10.0 Å². The minimum Gasteiger partial charge on any atom is -0.480 e. The molecule has 8 heteroatoms. The van der Waals surface area contributed by atoms with Crippen LogP contribution in [0, 0.1) is 0 Å². The smallest absolute Gasteiger partial charge is 0.329 e. The third-order valence-corrected chi connectivity index (χ3v) is 7.11. The zero-order valence-electron chi connectivity index (χ0n) is 13.4. The molecule has 128 valence electrons. The van der Waals surface area contributed by atoms with Gasteiger partial charge >= 0.3 is 5.97 Å². The number of carboxylic acids is 1. The number of carbonyl (C=O) groups excluding carboxylic acids is 1. The minimum atomic E-state index is -3.70. The summed E-state index contributed by atoms with van der Waals surface area (Å²) in [4.78, 5) is 25.1. The maximum atomic E-state index is 12.5. The Labute approximate surface area is 144 Å². The van der Waals surface area contributed by atoms with Gasteiger partial charge in [-0.2, -0.15) is 0 Å². The van der Waals surface area contributed by atoms with Crippen LogP contribution in [0.3, 0.4) is 0 Å². The number of aliphatic carboxylic acids is 1. The molecule has 2 rings (SSSR count). The lowest BCUT2D eigenvalue weighted by atomic mass is 10.0. The SMILES string of the molecule is CN(C(=O)c1ccc(S(=O)(=O)c2ccccc2)s1)C(C)(C)C(=O)O. The van der Waals surface area contributed by atoms with Gasteiger partial charge in [0, 0.05) is 7.05 Å². The highest BCUT2D eigenvalue weighted by atomic mass is 32.2. The highest BCUT2D eigenvalue weighted by molar-refractivity contribution is 7.93. The Bertz CT molecular complexity index is 869. The van der Waals surface area contributed by atoms with Crippen LogP contribution >= 0.6 is 11.3 Å². The van der Waals surface area contributed by atoms with E-state index in [2.05, 4.69) is 0 Å². The Kier molecular flexibility index (Phi) is 4.82. The maximum absolute atomic E-state index is 12.5. The van der Waals surface area contributed by atoms with Crippen molar-refractivity contribution in [3.05, 3.63) is 47.3 Å². The molecule has 6 nitrogen and oxygen atoms in total. The topological polar surface area (TPSA) is 91.8 Å². The fourth-order valence-corrected chi connectivity index (χ4v) is 4.56. The zero-order chi connectivity index (χ0) is 18.1. The second kappa shape index (κ2) is 6.37. The predicted octanol–water partition coefficient (Wildman–Crippen LogP) is 2.52. The molecule has 1 aromatic carbocycles. The quantitative estimate of drug-likeness (QED) is 0.877. The van der Waals surface area contributed by atoms with Crippen molar-refractivity contribution in [3.63, 3.8) is 0 Å². The average Bonchev–Trinajstić information content (AvgIpc) is 3.04. The summed E-state index contributed by atoms with van der Waals surface area (Å²) in [7, 11) is -2.32. The summed E-state index contributed by atoms with van der Waals surface area (Å²) in [6, 6.07) is 10.7. The summed E-state index contributed by atoms with van der Waals surface area (Å²) in [6.45, 7) is 2.81. The van der Waals surface area contributed by atoms with Crippen molar-refractivity contribution in [2.75, 3.05) is 7.05 Å². The summed E-state index contributed by atoms with van der Waals surface area (Å²) in [5, 5.41) is 9.20. The highest BCUT2D eigenvalue weighted by Crippen LogP contribution is 2.29. The summed E-state index contributed by atoms with van der Waals surface area (Å²) in [5.74, 6) is -1.69. The van der Waals surface area contributed by atoms with Crippen molar-refractivity contribution in [3.8, 4) is 0 Å². The van der Waals surface area contributed by atoms with E-state index in [1.165, 1.54) is 45.2 Å². The number of benzene rings is 1. The van der Waals surface area contributed by atoms with Gasteiger partial charge in [0.05, 0.1) is 9.77 Å². The maximum Gasteiger partial charge on any atom is 0.329 e. The molecular formula is C16H17NO5S2. The number of likely N-dealkylation sites (N-methyl/N-ethyl adjacent to an activating group) is 1. The molecule has 0 aliphatic heterocycles. The van der Waals surface area contributed by atoms with Crippen LogP contribution in [0.2, 0.25) is 0 Å². The fraction of sp³-hybridized carbons (Fsp3) is 0.250. The number of hydrogen-bond acceptors (Lipinski definition) is 5. The first-order valence-electron chi connectivity index (χ1n) is 7.00. The Morgan fingerprint density at radius 2 is 1.67 bits per heavy atom. The molecule has 1 amide bonds. The Balaban J connectivity index is 2.35. The number of carbonyl (C=O) groups is 2. The Morgan fingerprint density at radius 3 is 2.21 bits per heavy atom. The first kappa shape index (κ1) is 18.2. The van der Waals surface area contributed by atoms with Gasteiger partial charge in [0.15, 0.2) is 0 Å². The lowest BCUT2D eigenvalue weighted by molar-refractivity contribution is -0.147. The molecule has 0 aliphatic carbocycles. The van der Waals surface area contributed by atoms with E-state index in [1.807, 2.05) is 0 Å². The molecule has 0 bridgehead atoms. The molecule has 0 atom stereocenters. The van der Waals surface area contributed by atoms with E-state index in [9.17, 15) is 23.1 Å². The van der Waals surface area contributed by atoms with Crippen LogP contribution in [-0.4, -0.2) is 42.9 Å². The van der Waals surface area contributed by atoms with E-state index in [1.54, 1.807) is 18.2 Å². The van der Waals surface area contributed by atoms with E-state index in [0.29, 0.717) is 0 Å². The number of rotatable bonds is 5. The molecule has 0 spiro atoms. The lowest BCUT2D eigenvalue weighted by Crippen LogP contribution is -2.50. The monoisotopic (exact) mass is 367 g/mol. The van der Waals surface area contributed by atoms with Gasteiger partial charge in [-0.05, 0) is 38.1 Å². The van der Waals surface area contributed by atoms with Crippen LogP contribution in [0.25, 0.3) is 0 Å². The largest absolute Gasteiger partial charge is 0.480 e. The first-order valence-corrected chi connectivity index (χ1v) is 9.30. The molecule has 1 N–H and O–H groups in total. The minimum absolute atomic E-state index is 0.0404. The van der Waals surface area contributed by atoms with Crippen molar-refractivity contribution in [1.29, 1.82) is 0 Å². The Hall–Kier alpha value is -2.19. The van der Waals surface area contributed by atoms with Gasteiger partial charge in [-0.1, -0.05) is 18.2 Å². The molecule has 1 aromatic heterocycles. The molecule has 0 aliphatic rings. The van der Waals surface area contributed by atoms with Crippen molar-refractivity contribution in [2.45, 2.75) is 28.5 Å². The summed E-state index contributed by atoms with van der Waals surface area (Å²) < 4.78 is 25.1. The van der Waals surface area contributed by atoms with Crippen molar-refractivity contribution < 1.29 is 23.1 Å². The zero-order valence-corrected chi connectivity index (χ0v) is 15.0. The van der Waals surface area contributed by atoms with E-state index < -0.39 is 27.3 Å². The van der Waals surface area contributed by atoms with Gasteiger partial charge in [0.1, 0.15) is 9.75 Å². The van der Waals surface area contributed by atoms with E-state index >= 15 is 0 Å². The number of nitrogens with zero attached hydrogens (tertiary/aromatic N) is 1. The number of hydrogen-bond donors (Lipinski definition) is 1.